The fourth-order valence-corrected chi connectivity index (χ4v) is 2.38. The number of carbonyl (C=O) groups excluding carboxylic acids is 1. The summed E-state index contributed by atoms with van der Waals surface area (Å²) in [5, 5.41) is 2.97. The zero-order valence-electron chi connectivity index (χ0n) is 11.8. The first-order chi connectivity index (χ1) is 9.65. The smallest absolute Gasteiger partial charge is 0.262 e. The molecule has 1 aromatic rings. The number of methoxy groups -OCH3 is 2. The summed E-state index contributed by atoms with van der Waals surface area (Å²) in [5.41, 5.74) is 6.09. The topological polar surface area (TPSA) is 99.4 Å². The van der Waals surface area contributed by atoms with Crippen molar-refractivity contribution in [1.29, 1.82) is 0 Å². The van der Waals surface area contributed by atoms with E-state index in [1.165, 1.54) is 20.5 Å². The van der Waals surface area contributed by atoms with Crippen molar-refractivity contribution in [2.45, 2.75) is 37.8 Å². The summed E-state index contributed by atoms with van der Waals surface area (Å²) in [4.78, 5) is 20.2. The summed E-state index contributed by atoms with van der Waals surface area (Å²) >= 11 is 0. The van der Waals surface area contributed by atoms with Crippen LogP contribution in [0.25, 0.3) is 0 Å². The van der Waals surface area contributed by atoms with Crippen molar-refractivity contribution in [3.63, 3.8) is 0 Å². The lowest BCUT2D eigenvalue weighted by Crippen LogP contribution is -2.40. The first-order valence-corrected chi connectivity index (χ1v) is 6.65. The quantitative estimate of drug-likeness (QED) is 0.833. The van der Waals surface area contributed by atoms with Gasteiger partial charge in [0.15, 0.2) is 5.56 Å². The van der Waals surface area contributed by atoms with Crippen LogP contribution in [0.1, 0.15) is 36.0 Å². The number of amides is 1. The van der Waals surface area contributed by atoms with Gasteiger partial charge in [0.25, 0.3) is 5.91 Å². The Morgan fingerprint density at radius 3 is 2.25 bits per heavy atom. The fraction of sp³-hybridized carbons (Fsp3) is 0.615. The van der Waals surface area contributed by atoms with Crippen molar-refractivity contribution in [1.82, 2.24) is 15.3 Å². The lowest BCUT2D eigenvalue weighted by Gasteiger charge is -2.27. The van der Waals surface area contributed by atoms with Gasteiger partial charge in [-0.25, -0.2) is 9.97 Å². The second-order valence-electron chi connectivity index (χ2n) is 4.85. The number of aromatic nitrogens is 2. The van der Waals surface area contributed by atoms with E-state index in [2.05, 4.69) is 15.3 Å². The molecule has 0 unspecified atom stereocenters. The molecule has 0 bridgehead atoms. The van der Waals surface area contributed by atoms with Crippen LogP contribution >= 0.6 is 0 Å². The number of rotatable bonds is 4. The molecular formula is C13H20N4O3. The lowest BCUT2D eigenvalue weighted by atomic mass is 9.91. The van der Waals surface area contributed by atoms with Gasteiger partial charge in [-0.3, -0.25) is 4.79 Å². The third kappa shape index (κ3) is 3.16. The molecule has 1 aromatic heterocycles. The van der Waals surface area contributed by atoms with Gasteiger partial charge in [0.2, 0.25) is 11.8 Å². The second kappa shape index (κ2) is 6.51. The highest BCUT2D eigenvalue weighted by Gasteiger charge is 2.25. The van der Waals surface area contributed by atoms with E-state index in [0.29, 0.717) is 0 Å². The van der Waals surface area contributed by atoms with Crippen molar-refractivity contribution in [2.75, 3.05) is 14.2 Å². The molecule has 0 aliphatic heterocycles. The molecule has 20 heavy (non-hydrogen) atoms. The molecular weight excluding hydrogens is 260 g/mol. The van der Waals surface area contributed by atoms with Gasteiger partial charge in [0.05, 0.1) is 14.2 Å². The minimum atomic E-state index is -0.278. The maximum atomic E-state index is 12.4. The molecule has 1 heterocycles. The normalized spacial score (nSPS) is 22.1. The highest BCUT2D eigenvalue weighted by Crippen LogP contribution is 2.24. The number of nitrogens with two attached hydrogens (primary N) is 1. The molecule has 1 amide bonds. The summed E-state index contributed by atoms with van der Waals surface area (Å²) in [6, 6.07) is 0.365. The van der Waals surface area contributed by atoms with Crippen molar-refractivity contribution < 1.29 is 14.3 Å². The van der Waals surface area contributed by atoms with E-state index in [4.69, 9.17) is 15.2 Å². The molecule has 7 nitrogen and oxygen atoms in total. The second-order valence-corrected chi connectivity index (χ2v) is 4.85. The van der Waals surface area contributed by atoms with Crippen LogP contribution in [0, 0.1) is 0 Å². The highest BCUT2D eigenvalue weighted by atomic mass is 16.5. The molecule has 1 aliphatic rings. The Bertz CT molecular complexity index is 450. The minimum Gasteiger partial charge on any atom is -0.480 e. The maximum Gasteiger partial charge on any atom is 0.262 e. The summed E-state index contributed by atoms with van der Waals surface area (Å²) < 4.78 is 10.2. The van der Waals surface area contributed by atoms with Crippen LogP contribution in [0.3, 0.4) is 0 Å². The molecule has 0 spiro atoms. The zero-order valence-corrected chi connectivity index (χ0v) is 11.8. The molecule has 1 aliphatic carbocycles. The Balaban J connectivity index is 2.12. The summed E-state index contributed by atoms with van der Waals surface area (Å²) in [6.07, 6.45) is 4.90. The fourth-order valence-electron chi connectivity index (χ4n) is 2.38. The predicted octanol–water partition coefficient (Wildman–Crippen LogP) is 0.493. The number of nitrogens with zero attached hydrogens (tertiary/aromatic N) is 2. The van der Waals surface area contributed by atoms with E-state index in [-0.39, 0.29) is 35.3 Å². The Hall–Kier alpha value is -1.89. The van der Waals surface area contributed by atoms with Gasteiger partial charge in [0, 0.05) is 12.1 Å². The van der Waals surface area contributed by atoms with E-state index in [1.807, 2.05) is 0 Å². The largest absolute Gasteiger partial charge is 0.480 e. The van der Waals surface area contributed by atoms with Crippen molar-refractivity contribution in [2.24, 2.45) is 5.73 Å². The van der Waals surface area contributed by atoms with Gasteiger partial charge in [-0.2, -0.15) is 0 Å². The van der Waals surface area contributed by atoms with Crippen LogP contribution < -0.4 is 20.5 Å². The Labute approximate surface area is 117 Å². The summed E-state index contributed by atoms with van der Waals surface area (Å²) in [7, 11) is 2.91. The van der Waals surface area contributed by atoms with Crippen molar-refractivity contribution in [3.8, 4) is 11.8 Å². The maximum absolute atomic E-state index is 12.4. The molecule has 1 saturated carbocycles. The Morgan fingerprint density at radius 1 is 1.20 bits per heavy atom. The molecule has 3 N–H and O–H groups in total. The van der Waals surface area contributed by atoms with Crippen molar-refractivity contribution >= 4 is 5.91 Å². The zero-order chi connectivity index (χ0) is 14.5. The summed E-state index contributed by atoms with van der Waals surface area (Å²) in [5.74, 6) is 0.142. The van der Waals surface area contributed by atoms with Crippen LogP contribution in [0.2, 0.25) is 0 Å². The van der Waals surface area contributed by atoms with E-state index in [9.17, 15) is 4.79 Å². The van der Waals surface area contributed by atoms with Gasteiger partial charge >= 0.3 is 0 Å². The van der Waals surface area contributed by atoms with Gasteiger partial charge in [-0.15, -0.1) is 0 Å². The monoisotopic (exact) mass is 280 g/mol. The predicted molar refractivity (Wildman–Crippen MR) is 72.8 cm³/mol. The highest BCUT2D eigenvalue weighted by molar-refractivity contribution is 5.98. The molecule has 0 radical (unpaired) electrons. The molecule has 1 fully saturated rings. The van der Waals surface area contributed by atoms with Gasteiger partial charge in [-0.05, 0) is 25.7 Å². The van der Waals surface area contributed by atoms with E-state index >= 15 is 0 Å². The number of ether oxygens (including phenoxy) is 2. The van der Waals surface area contributed by atoms with Crippen LogP contribution in [0.5, 0.6) is 11.8 Å². The van der Waals surface area contributed by atoms with E-state index in [1.54, 1.807) is 0 Å². The number of carbonyl (C=O) groups is 1. The Morgan fingerprint density at radius 2 is 1.75 bits per heavy atom. The molecule has 7 heteroatoms. The molecule has 2 rings (SSSR count). The lowest BCUT2D eigenvalue weighted by molar-refractivity contribution is 0.0917. The van der Waals surface area contributed by atoms with Crippen LogP contribution in [0.15, 0.2) is 6.33 Å². The van der Waals surface area contributed by atoms with Crippen LogP contribution in [-0.2, 0) is 0 Å². The standard InChI is InChI=1S/C13H20N4O3/c1-19-12-10(13(20-2)16-7-15-12)11(18)17-9-5-3-8(14)4-6-9/h7-9H,3-6,14H2,1-2H3,(H,17,18). The first kappa shape index (κ1) is 14.5. The average Bonchev–Trinajstić information content (AvgIpc) is 2.48. The van der Waals surface area contributed by atoms with Crippen LogP contribution in [0.4, 0.5) is 0 Å². The Kier molecular flexibility index (Phi) is 4.73. The summed E-state index contributed by atoms with van der Waals surface area (Å²) in [6.45, 7) is 0. The minimum absolute atomic E-state index is 0.122. The molecule has 110 valence electrons. The third-order valence-corrected chi connectivity index (χ3v) is 3.50. The van der Waals surface area contributed by atoms with Gasteiger partial charge in [0.1, 0.15) is 6.33 Å². The van der Waals surface area contributed by atoms with E-state index < -0.39 is 0 Å². The number of hydrogen-bond donors (Lipinski definition) is 2. The first-order valence-electron chi connectivity index (χ1n) is 6.65. The number of nitrogens with one attached hydrogen (secondary N) is 1. The van der Waals surface area contributed by atoms with Gasteiger partial charge in [-0.1, -0.05) is 0 Å². The molecule has 0 aromatic carbocycles. The van der Waals surface area contributed by atoms with Gasteiger partial charge < -0.3 is 20.5 Å². The molecule has 0 atom stereocenters. The van der Waals surface area contributed by atoms with E-state index in [0.717, 1.165) is 25.7 Å². The molecule has 0 saturated heterocycles. The van der Waals surface area contributed by atoms with Crippen molar-refractivity contribution in [3.05, 3.63) is 11.9 Å². The average molecular weight is 280 g/mol. The number of hydrogen-bond acceptors (Lipinski definition) is 6. The third-order valence-electron chi connectivity index (χ3n) is 3.50. The van der Waals surface area contributed by atoms with Crippen LogP contribution in [-0.4, -0.2) is 42.2 Å². The SMILES string of the molecule is COc1ncnc(OC)c1C(=O)NC1CCC(N)CC1.